The van der Waals surface area contributed by atoms with Crippen molar-refractivity contribution in [3.8, 4) is 0 Å². The van der Waals surface area contributed by atoms with Gasteiger partial charge in [0.2, 0.25) is 11.8 Å². The van der Waals surface area contributed by atoms with Gasteiger partial charge < -0.3 is 14.2 Å². The quantitative estimate of drug-likeness (QED) is 0.327. The SMILES string of the molecule is Cc1ccc2occ(CN(Cc3ccccc3)C(=O)CN(C(=O)CC(C)CC(C)(C)C)C3CC3)c(=O)c2c1. The van der Waals surface area contributed by atoms with Gasteiger partial charge in [-0.15, -0.1) is 0 Å². The number of carbonyl (C=O) groups is 2. The van der Waals surface area contributed by atoms with Crippen LogP contribution in [-0.2, 0) is 22.7 Å². The minimum atomic E-state index is -0.165. The van der Waals surface area contributed by atoms with Crippen molar-refractivity contribution in [1.82, 2.24) is 9.80 Å². The van der Waals surface area contributed by atoms with E-state index >= 15 is 0 Å². The normalized spacial score (nSPS) is 14.3. The van der Waals surface area contributed by atoms with E-state index in [0.717, 1.165) is 30.4 Å². The Kier molecular flexibility index (Phi) is 8.39. The molecule has 0 spiro atoms. The average molecular weight is 517 g/mol. The lowest BCUT2D eigenvalue weighted by Gasteiger charge is -2.29. The summed E-state index contributed by atoms with van der Waals surface area (Å²) in [6.07, 6.45) is 4.71. The van der Waals surface area contributed by atoms with Crippen molar-refractivity contribution in [3.05, 3.63) is 81.7 Å². The zero-order valence-electron chi connectivity index (χ0n) is 23.3. The maximum absolute atomic E-state index is 13.7. The third-order valence-electron chi connectivity index (χ3n) is 7.03. The van der Waals surface area contributed by atoms with Crippen molar-refractivity contribution in [2.45, 2.75) is 79.4 Å². The van der Waals surface area contributed by atoms with E-state index in [0.29, 0.717) is 29.5 Å². The molecule has 1 heterocycles. The number of amides is 2. The van der Waals surface area contributed by atoms with Crippen molar-refractivity contribution in [2.75, 3.05) is 6.54 Å². The molecule has 0 aliphatic heterocycles. The molecular weight excluding hydrogens is 476 g/mol. The predicted molar refractivity (Wildman–Crippen MR) is 151 cm³/mol. The second-order valence-corrected chi connectivity index (χ2v) is 12.2. The molecule has 6 nitrogen and oxygen atoms in total. The Bertz CT molecular complexity index is 1340. The van der Waals surface area contributed by atoms with Crippen LogP contribution >= 0.6 is 0 Å². The minimum absolute atomic E-state index is 0.0244. The molecule has 6 heteroatoms. The maximum atomic E-state index is 13.7. The fraction of sp³-hybridized carbons (Fsp3) is 0.469. The summed E-state index contributed by atoms with van der Waals surface area (Å²) in [5.41, 5.74) is 2.90. The Balaban J connectivity index is 1.56. The molecule has 1 aliphatic carbocycles. The second-order valence-electron chi connectivity index (χ2n) is 12.2. The van der Waals surface area contributed by atoms with Gasteiger partial charge in [0.25, 0.3) is 0 Å². The lowest BCUT2D eigenvalue weighted by molar-refractivity contribution is -0.142. The predicted octanol–water partition coefficient (Wildman–Crippen LogP) is 6.08. The summed E-state index contributed by atoms with van der Waals surface area (Å²) in [5.74, 6) is 0.115. The molecule has 2 amide bonds. The summed E-state index contributed by atoms with van der Waals surface area (Å²) in [7, 11) is 0. The number of aryl methyl sites for hydroxylation is 1. The van der Waals surface area contributed by atoms with Crippen LogP contribution in [0.4, 0.5) is 0 Å². The number of rotatable bonds is 10. The fourth-order valence-corrected chi connectivity index (χ4v) is 5.22. The van der Waals surface area contributed by atoms with Crippen LogP contribution in [0.2, 0.25) is 0 Å². The Morgan fingerprint density at radius 1 is 1.03 bits per heavy atom. The molecule has 1 fully saturated rings. The summed E-state index contributed by atoms with van der Waals surface area (Å²) >= 11 is 0. The van der Waals surface area contributed by atoms with Gasteiger partial charge in [0.05, 0.1) is 23.8 Å². The average Bonchev–Trinajstić information content (AvgIpc) is 3.68. The maximum Gasteiger partial charge on any atom is 0.242 e. The summed E-state index contributed by atoms with van der Waals surface area (Å²) < 4.78 is 5.76. The van der Waals surface area contributed by atoms with E-state index in [4.69, 9.17) is 4.42 Å². The van der Waals surface area contributed by atoms with Crippen LogP contribution in [0.1, 0.15) is 70.1 Å². The highest BCUT2D eigenvalue weighted by Crippen LogP contribution is 2.31. The third kappa shape index (κ3) is 7.33. The van der Waals surface area contributed by atoms with Gasteiger partial charge in [-0.1, -0.05) is 69.7 Å². The monoisotopic (exact) mass is 516 g/mol. The summed E-state index contributed by atoms with van der Waals surface area (Å²) in [5, 5.41) is 0.511. The lowest BCUT2D eigenvalue weighted by Crippen LogP contribution is -2.44. The highest BCUT2D eigenvalue weighted by Gasteiger charge is 2.35. The Hall–Kier alpha value is -3.41. The van der Waals surface area contributed by atoms with Crippen LogP contribution in [0, 0.1) is 18.3 Å². The van der Waals surface area contributed by atoms with E-state index in [-0.39, 0.29) is 47.7 Å². The molecule has 0 saturated heterocycles. The van der Waals surface area contributed by atoms with E-state index in [2.05, 4.69) is 27.7 Å². The first-order valence-electron chi connectivity index (χ1n) is 13.6. The highest BCUT2D eigenvalue weighted by molar-refractivity contribution is 5.85. The molecule has 3 aromatic rings. The molecule has 2 aromatic carbocycles. The van der Waals surface area contributed by atoms with Crippen molar-refractivity contribution < 1.29 is 14.0 Å². The van der Waals surface area contributed by atoms with Crippen LogP contribution in [0.3, 0.4) is 0 Å². The Labute approximate surface area is 225 Å². The number of carbonyl (C=O) groups excluding carboxylic acids is 2. The molecule has 1 aliphatic rings. The molecular formula is C32H40N2O4. The molecule has 4 rings (SSSR count). The molecule has 0 radical (unpaired) electrons. The van der Waals surface area contributed by atoms with Gasteiger partial charge >= 0.3 is 0 Å². The van der Waals surface area contributed by atoms with Crippen molar-refractivity contribution in [3.63, 3.8) is 0 Å². The van der Waals surface area contributed by atoms with Gasteiger partial charge in [-0.25, -0.2) is 0 Å². The largest absolute Gasteiger partial charge is 0.464 e. The summed E-state index contributed by atoms with van der Waals surface area (Å²) in [6, 6.07) is 15.4. The lowest BCUT2D eigenvalue weighted by atomic mass is 9.84. The summed E-state index contributed by atoms with van der Waals surface area (Å²) in [6.45, 7) is 11.1. The second kappa shape index (κ2) is 11.5. The topological polar surface area (TPSA) is 70.8 Å². The molecule has 1 unspecified atom stereocenters. The van der Waals surface area contributed by atoms with Gasteiger partial charge in [0.1, 0.15) is 12.1 Å². The number of benzene rings is 2. The fourth-order valence-electron chi connectivity index (χ4n) is 5.22. The molecule has 0 bridgehead atoms. The number of hydrogen-bond acceptors (Lipinski definition) is 4. The van der Waals surface area contributed by atoms with E-state index in [1.54, 1.807) is 15.9 Å². The summed E-state index contributed by atoms with van der Waals surface area (Å²) in [4.78, 5) is 43.8. The van der Waals surface area contributed by atoms with Crippen molar-refractivity contribution in [2.24, 2.45) is 11.3 Å². The van der Waals surface area contributed by atoms with E-state index in [9.17, 15) is 14.4 Å². The van der Waals surface area contributed by atoms with Gasteiger partial charge in [0, 0.05) is 19.0 Å². The standard InChI is InChI=1S/C32H40N2O4/c1-22-11-14-28-27(15-22)31(37)25(21-38-28)19-33(18-24-9-7-6-8-10-24)30(36)20-34(26-12-13-26)29(35)16-23(2)17-32(3,4)5/h6-11,14-15,21,23,26H,12-13,16-20H2,1-5H3. The van der Waals surface area contributed by atoms with Crippen LogP contribution in [0.5, 0.6) is 0 Å². The number of hydrogen-bond donors (Lipinski definition) is 0. The molecule has 1 atom stereocenters. The smallest absolute Gasteiger partial charge is 0.242 e. The molecule has 38 heavy (non-hydrogen) atoms. The van der Waals surface area contributed by atoms with Gasteiger partial charge in [-0.3, -0.25) is 14.4 Å². The van der Waals surface area contributed by atoms with E-state index in [1.807, 2.05) is 49.4 Å². The minimum Gasteiger partial charge on any atom is -0.464 e. The van der Waals surface area contributed by atoms with E-state index < -0.39 is 0 Å². The highest BCUT2D eigenvalue weighted by atomic mass is 16.3. The zero-order chi connectivity index (χ0) is 27.4. The van der Waals surface area contributed by atoms with Gasteiger partial charge in [-0.05, 0) is 55.2 Å². The number of fused-ring (bicyclic) bond motifs is 1. The van der Waals surface area contributed by atoms with Crippen LogP contribution in [0.25, 0.3) is 11.0 Å². The Morgan fingerprint density at radius 3 is 2.39 bits per heavy atom. The molecule has 202 valence electrons. The third-order valence-corrected chi connectivity index (χ3v) is 7.03. The molecule has 1 aromatic heterocycles. The first-order valence-corrected chi connectivity index (χ1v) is 13.6. The van der Waals surface area contributed by atoms with E-state index in [1.165, 1.54) is 6.26 Å². The van der Waals surface area contributed by atoms with Gasteiger partial charge in [-0.2, -0.15) is 0 Å². The molecule has 0 N–H and O–H groups in total. The first-order chi connectivity index (χ1) is 18.0. The van der Waals surface area contributed by atoms with Crippen LogP contribution in [0.15, 0.2) is 64.0 Å². The van der Waals surface area contributed by atoms with Gasteiger partial charge in [0.15, 0.2) is 5.43 Å². The molecule has 1 saturated carbocycles. The first kappa shape index (κ1) is 27.6. The van der Waals surface area contributed by atoms with Crippen LogP contribution < -0.4 is 5.43 Å². The van der Waals surface area contributed by atoms with Crippen molar-refractivity contribution >= 4 is 22.8 Å². The van der Waals surface area contributed by atoms with Crippen LogP contribution in [-0.4, -0.2) is 34.2 Å². The zero-order valence-corrected chi connectivity index (χ0v) is 23.3. The number of nitrogens with zero attached hydrogens (tertiary/aromatic N) is 2. The van der Waals surface area contributed by atoms with Crippen molar-refractivity contribution in [1.29, 1.82) is 0 Å². The Morgan fingerprint density at radius 2 is 1.74 bits per heavy atom.